The number of amides is 1. The second-order valence-electron chi connectivity index (χ2n) is 4.98. The van der Waals surface area contributed by atoms with Gasteiger partial charge in [0.15, 0.2) is 0 Å². The minimum atomic E-state index is -0.489. The Balaban J connectivity index is 2.68. The second kappa shape index (κ2) is 6.52. The van der Waals surface area contributed by atoms with E-state index in [1.165, 1.54) is 12.1 Å². The Bertz CT molecular complexity index is 449. The lowest BCUT2D eigenvalue weighted by atomic mass is 10.1. The van der Waals surface area contributed by atoms with Gasteiger partial charge >= 0.3 is 0 Å². The Kier molecular flexibility index (Phi) is 5.30. The van der Waals surface area contributed by atoms with Crippen LogP contribution in [-0.2, 0) is 4.79 Å². The van der Waals surface area contributed by atoms with Crippen molar-refractivity contribution in [2.45, 2.75) is 45.8 Å². The standard InChI is InChI=1S/C14H21FN2O2/c1-8(2)16-14(19)10(4)17-9(3)12-6-5-11(18)7-13(12)15/h5-10,17-18H,1-4H3,(H,16,19). The van der Waals surface area contributed by atoms with Crippen LogP contribution in [0.2, 0.25) is 0 Å². The van der Waals surface area contributed by atoms with Gasteiger partial charge in [0.2, 0.25) is 5.91 Å². The summed E-state index contributed by atoms with van der Waals surface area (Å²) in [4.78, 5) is 11.8. The fourth-order valence-electron chi connectivity index (χ4n) is 1.82. The molecule has 19 heavy (non-hydrogen) atoms. The molecule has 5 heteroatoms. The van der Waals surface area contributed by atoms with Gasteiger partial charge in [-0.15, -0.1) is 0 Å². The van der Waals surface area contributed by atoms with E-state index in [0.29, 0.717) is 5.56 Å². The lowest BCUT2D eigenvalue weighted by Gasteiger charge is -2.21. The second-order valence-corrected chi connectivity index (χ2v) is 4.98. The van der Waals surface area contributed by atoms with E-state index < -0.39 is 11.9 Å². The zero-order valence-electron chi connectivity index (χ0n) is 11.7. The van der Waals surface area contributed by atoms with E-state index in [-0.39, 0.29) is 23.7 Å². The monoisotopic (exact) mass is 268 g/mol. The summed E-state index contributed by atoms with van der Waals surface area (Å²) in [6.07, 6.45) is 0. The molecule has 0 aliphatic heterocycles. The highest BCUT2D eigenvalue weighted by molar-refractivity contribution is 5.81. The highest BCUT2D eigenvalue weighted by Crippen LogP contribution is 2.21. The molecule has 0 aliphatic carbocycles. The number of phenols is 1. The van der Waals surface area contributed by atoms with Gasteiger partial charge in [-0.1, -0.05) is 6.07 Å². The Hall–Kier alpha value is -1.62. The van der Waals surface area contributed by atoms with Crippen molar-refractivity contribution in [2.24, 2.45) is 0 Å². The first-order chi connectivity index (χ1) is 8.81. The molecule has 1 aromatic carbocycles. The Morgan fingerprint density at radius 1 is 1.26 bits per heavy atom. The molecule has 0 fully saturated rings. The van der Waals surface area contributed by atoms with Gasteiger partial charge in [0.05, 0.1) is 6.04 Å². The maximum Gasteiger partial charge on any atom is 0.237 e. The molecule has 0 aromatic heterocycles. The van der Waals surface area contributed by atoms with Crippen LogP contribution in [0.25, 0.3) is 0 Å². The fraction of sp³-hybridized carbons (Fsp3) is 0.500. The fourth-order valence-corrected chi connectivity index (χ4v) is 1.82. The number of phenolic OH excluding ortho intramolecular Hbond substituents is 1. The number of rotatable bonds is 5. The van der Waals surface area contributed by atoms with E-state index >= 15 is 0 Å². The van der Waals surface area contributed by atoms with Crippen LogP contribution in [0.5, 0.6) is 5.75 Å². The Morgan fingerprint density at radius 3 is 2.42 bits per heavy atom. The zero-order valence-corrected chi connectivity index (χ0v) is 11.7. The molecule has 1 amide bonds. The number of halogens is 1. The number of aromatic hydroxyl groups is 1. The molecule has 1 aromatic rings. The molecule has 4 nitrogen and oxygen atoms in total. The molecule has 106 valence electrons. The summed E-state index contributed by atoms with van der Waals surface area (Å²) in [6.45, 7) is 7.27. The molecular formula is C14H21FN2O2. The third kappa shape index (κ3) is 4.52. The zero-order chi connectivity index (χ0) is 14.6. The van der Waals surface area contributed by atoms with Crippen LogP contribution < -0.4 is 10.6 Å². The minimum absolute atomic E-state index is 0.0671. The van der Waals surface area contributed by atoms with Crippen molar-refractivity contribution in [2.75, 3.05) is 0 Å². The molecular weight excluding hydrogens is 247 g/mol. The summed E-state index contributed by atoms with van der Waals surface area (Å²) < 4.78 is 13.7. The molecule has 0 spiro atoms. The number of carbonyl (C=O) groups excluding carboxylic acids is 1. The van der Waals surface area contributed by atoms with Gasteiger partial charge in [0, 0.05) is 23.7 Å². The van der Waals surface area contributed by atoms with Crippen LogP contribution >= 0.6 is 0 Å². The van der Waals surface area contributed by atoms with Crippen molar-refractivity contribution >= 4 is 5.91 Å². The Labute approximate surface area is 113 Å². The molecule has 0 saturated carbocycles. The lowest BCUT2D eigenvalue weighted by Crippen LogP contribution is -2.45. The minimum Gasteiger partial charge on any atom is -0.508 e. The van der Waals surface area contributed by atoms with Gasteiger partial charge in [-0.3, -0.25) is 10.1 Å². The van der Waals surface area contributed by atoms with Gasteiger partial charge in [0.1, 0.15) is 11.6 Å². The third-order valence-corrected chi connectivity index (χ3v) is 2.77. The van der Waals surface area contributed by atoms with Crippen LogP contribution in [0.4, 0.5) is 4.39 Å². The van der Waals surface area contributed by atoms with Crippen molar-refractivity contribution in [3.05, 3.63) is 29.6 Å². The summed E-state index contributed by atoms with van der Waals surface area (Å²) >= 11 is 0. The predicted octanol–water partition coefficient (Wildman–Crippen LogP) is 2.09. The van der Waals surface area contributed by atoms with Gasteiger partial charge in [-0.25, -0.2) is 4.39 Å². The Morgan fingerprint density at radius 2 is 1.89 bits per heavy atom. The van der Waals surface area contributed by atoms with E-state index in [0.717, 1.165) is 6.07 Å². The van der Waals surface area contributed by atoms with Crippen LogP contribution in [0.3, 0.4) is 0 Å². The van der Waals surface area contributed by atoms with E-state index in [1.807, 2.05) is 13.8 Å². The summed E-state index contributed by atoms with van der Waals surface area (Å²) in [5.74, 6) is -0.725. The molecule has 0 saturated heterocycles. The molecule has 0 aliphatic rings. The number of nitrogens with one attached hydrogen (secondary N) is 2. The molecule has 2 unspecified atom stereocenters. The summed E-state index contributed by atoms with van der Waals surface area (Å²) in [5, 5.41) is 15.0. The van der Waals surface area contributed by atoms with Crippen LogP contribution in [0, 0.1) is 5.82 Å². The van der Waals surface area contributed by atoms with Crippen molar-refractivity contribution in [1.29, 1.82) is 0 Å². The smallest absolute Gasteiger partial charge is 0.237 e. The van der Waals surface area contributed by atoms with Crippen LogP contribution in [0.1, 0.15) is 39.3 Å². The number of hydrogen-bond donors (Lipinski definition) is 3. The van der Waals surface area contributed by atoms with Gasteiger partial charge in [-0.05, 0) is 33.8 Å². The number of hydrogen-bond acceptors (Lipinski definition) is 3. The summed E-state index contributed by atoms with van der Waals surface area (Å²) in [6, 6.07) is 3.31. The maximum atomic E-state index is 13.7. The van der Waals surface area contributed by atoms with E-state index in [9.17, 15) is 9.18 Å². The van der Waals surface area contributed by atoms with Gasteiger partial charge in [0.25, 0.3) is 0 Å². The molecule has 3 N–H and O–H groups in total. The average Bonchev–Trinajstić information content (AvgIpc) is 2.27. The third-order valence-electron chi connectivity index (χ3n) is 2.77. The highest BCUT2D eigenvalue weighted by atomic mass is 19.1. The van der Waals surface area contributed by atoms with Crippen molar-refractivity contribution in [3.8, 4) is 5.75 Å². The first kappa shape index (κ1) is 15.4. The number of carbonyl (C=O) groups is 1. The normalized spacial score (nSPS) is 14.2. The average molecular weight is 268 g/mol. The van der Waals surface area contributed by atoms with E-state index in [2.05, 4.69) is 10.6 Å². The van der Waals surface area contributed by atoms with Crippen LogP contribution in [0.15, 0.2) is 18.2 Å². The maximum absolute atomic E-state index is 13.7. The molecule has 2 atom stereocenters. The van der Waals surface area contributed by atoms with E-state index in [4.69, 9.17) is 5.11 Å². The van der Waals surface area contributed by atoms with Crippen LogP contribution in [-0.4, -0.2) is 23.1 Å². The molecule has 1 rings (SSSR count). The largest absolute Gasteiger partial charge is 0.508 e. The first-order valence-electron chi connectivity index (χ1n) is 6.36. The SMILES string of the molecule is CC(C)NC(=O)C(C)NC(C)c1ccc(O)cc1F. The highest BCUT2D eigenvalue weighted by Gasteiger charge is 2.18. The quantitative estimate of drug-likeness (QED) is 0.766. The van der Waals surface area contributed by atoms with Gasteiger partial charge < -0.3 is 10.4 Å². The summed E-state index contributed by atoms with van der Waals surface area (Å²) in [5.41, 5.74) is 0.419. The van der Waals surface area contributed by atoms with E-state index in [1.54, 1.807) is 13.8 Å². The summed E-state index contributed by atoms with van der Waals surface area (Å²) in [7, 11) is 0. The topological polar surface area (TPSA) is 61.4 Å². The number of benzene rings is 1. The molecule has 0 heterocycles. The van der Waals surface area contributed by atoms with Gasteiger partial charge in [-0.2, -0.15) is 0 Å². The molecule has 0 radical (unpaired) electrons. The predicted molar refractivity (Wildman–Crippen MR) is 72.4 cm³/mol. The van der Waals surface area contributed by atoms with Crippen molar-refractivity contribution < 1.29 is 14.3 Å². The lowest BCUT2D eigenvalue weighted by molar-refractivity contribution is -0.123. The van der Waals surface area contributed by atoms with Crippen molar-refractivity contribution in [3.63, 3.8) is 0 Å². The molecule has 0 bridgehead atoms. The first-order valence-corrected chi connectivity index (χ1v) is 6.36. The van der Waals surface area contributed by atoms with Crippen molar-refractivity contribution in [1.82, 2.24) is 10.6 Å².